The maximum atomic E-state index is 11.3. The number of carbonyl (C=O) groups is 1. The van der Waals surface area contributed by atoms with Crippen molar-refractivity contribution in [1.29, 1.82) is 0 Å². The van der Waals surface area contributed by atoms with E-state index < -0.39 is 18.1 Å². The van der Waals surface area contributed by atoms with Crippen LogP contribution in [0.15, 0.2) is 18.5 Å². The van der Waals surface area contributed by atoms with E-state index >= 15 is 0 Å². The van der Waals surface area contributed by atoms with Gasteiger partial charge in [0.05, 0.1) is 6.10 Å². The molecule has 102 valence electrons. The van der Waals surface area contributed by atoms with Gasteiger partial charge < -0.3 is 14.8 Å². The van der Waals surface area contributed by atoms with E-state index in [1.807, 2.05) is 0 Å². The number of hydrogen-bond acceptors (Lipinski definition) is 4. The number of allylic oxidation sites excluding steroid dienone is 2. The Kier molecular flexibility index (Phi) is 2.89. The third-order valence-electron chi connectivity index (χ3n) is 4.22. The topological polar surface area (TPSA) is 88.2 Å². The van der Waals surface area contributed by atoms with Crippen molar-refractivity contribution in [3.63, 3.8) is 0 Å². The Balaban J connectivity index is 1.94. The highest BCUT2D eigenvalue weighted by atomic mass is 16.4. The van der Waals surface area contributed by atoms with Crippen LogP contribution < -0.4 is 0 Å². The summed E-state index contributed by atoms with van der Waals surface area (Å²) in [6, 6.07) is -1.02. The number of aliphatic hydroxyl groups is 1. The van der Waals surface area contributed by atoms with Gasteiger partial charge in [0.2, 0.25) is 0 Å². The van der Waals surface area contributed by atoms with Gasteiger partial charge in [0.1, 0.15) is 12.2 Å². The van der Waals surface area contributed by atoms with Gasteiger partial charge in [-0.3, -0.25) is 0 Å². The first-order valence-corrected chi connectivity index (χ1v) is 6.56. The summed E-state index contributed by atoms with van der Waals surface area (Å²) in [5, 5.41) is 26.9. The molecule has 5 unspecified atom stereocenters. The van der Waals surface area contributed by atoms with Crippen LogP contribution in [-0.4, -0.2) is 37.1 Å². The Morgan fingerprint density at radius 1 is 1.47 bits per heavy atom. The van der Waals surface area contributed by atoms with Crippen LogP contribution in [0, 0.1) is 11.8 Å². The lowest BCUT2D eigenvalue weighted by Gasteiger charge is -2.23. The average Bonchev–Trinajstić information content (AvgIpc) is 3.01. The first-order chi connectivity index (χ1) is 9.08. The number of fused-ring (bicyclic) bond motifs is 2. The van der Waals surface area contributed by atoms with Crippen molar-refractivity contribution in [2.45, 2.75) is 37.8 Å². The molecule has 2 aliphatic rings. The van der Waals surface area contributed by atoms with E-state index in [1.54, 1.807) is 0 Å². The van der Waals surface area contributed by atoms with Crippen molar-refractivity contribution in [2.24, 2.45) is 11.8 Å². The quantitative estimate of drug-likeness (QED) is 0.790. The van der Waals surface area contributed by atoms with E-state index in [0.29, 0.717) is 17.7 Å². The molecule has 2 bridgehead atoms. The van der Waals surface area contributed by atoms with Gasteiger partial charge >= 0.3 is 5.97 Å². The zero-order chi connectivity index (χ0) is 13.6. The van der Waals surface area contributed by atoms with Crippen LogP contribution in [0.25, 0.3) is 0 Å². The summed E-state index contributed by atoms with van der Waals surface area (Å²) in [7, 11) is 0. The van der Waals surface area contributed by atoms with Crippen molar-refractivity contribution >= 4 is 5.97 Å². The molecule has 2 N–H and O–H groups in total. The highest BCUT2D eigenvalue weighted by Gasteiger charge is 2.40. The van der Waals surface area contributed by atoms with Crippen LogP contribution in [0.5, 0.6) is 0 Å². The normalized spacial score (nSPS) is 31.6. The van der Waals surface area contributed by atoms with E-state index in [-0.39, 0.29) is 5.92 Å². The molecule has 6 heteroatoms. The minimum absolute atomic E-state index is 0.220. The smallest absolute Gasteiger partial charge is 0.329 e. The van der Waals surface area contributed by atoms with Gasteiger partial charge in [-0.2, -0.15) is 0 Å². The van der Waals surface area contributed by atoms with Crippen LogP contribution in [0.4, 0.5) is 0 Å². The minimum Gasteiger partial charge on any atom is -0.480 e. The van der Waals surface area contributed by atoms with Crippen LogP contribution in [0.2, 0.25) is 0 Å². The lowest BCUT2D eigenvalue weighted by Crippen LogP contribution is -2.31. The first-order valence-electron chi connectivity index (χ1n) is 6.56. The van der Waals surface area contributed by atoms with Crippen LogP contribution in [-0.2, 0) is 4.79 Å². The fourth-order valence-corrected chi connectivity index (χ4v) is 3.37. The summed E-state index contributed by atoms with van der Waals surface area (Å²) >= 11 is 0. The maximum absolute atomic E-state index is 11.3. The molecule has 2 aliphatic carbocycles. The van der Waals surface area contributed by atoms with Crippen molar-refractivity contribution in [3.8, 4) is 0 Å². The van der Waals surface area contributed by atoms with E-state index in [0.717, 1.165) is 12.8 Å². The largest absolute Gasteiger partial charge is 0.480 e. The summed E-state index contributed by atoms with van der Waals surface area (Å²) in [6.07, 6.45) is 6.95. The number of aliphatic hydroxyl groups excluding tert-OH is 1. The number of rotatable bonds is 4. The zero-order valence-corrected chi connectivity index (χ0v) is 10.7. The van der Waals surface area contributed by atoms with E-state index in [2.05, 4.69) is 22.3 Å². The Morgan fingerprint density at radius 3 is 2.79 bits per heavy atom. The molecule has 0 radical (unpaired) electrons. The molecular weight excluding hydrogens is 246 g/mol. The minimum atomic E-state index is -1.06. The number of aromatic nitrogens is 3. The molecule has 0 aliphatic heterocycles. The molecule has 0 aromatic carbocycles. The average molecular weight is 263 g/mol. The maximum Gasteiger partial charge on any atom is 0.329 e. The molecule has 19 heavy (non-hydrogen) atoms. The van der Waals surface area contributed by atoms with Crippen LogP contribution in [0.3, 0.4) is 0 Å². The summed E-state index contributed by atoms with van der Waals surface area (Å²) < 4.78 is 1.52. The molecule has 0 saturated heterocycles. The SMILES string of the molecule is CC(O)C(C(=O)O)n1cnnc1C1CC2C=CC1C2. The lowest BCUT2D eigenvalue weighted by molar-refractivity contribution is -0.144. The predicted octanol–water partition coefficient (Wildman–Crippen LogP) is 0.964. The van der Waals surface area contributed by atoms with Gasteiger partial charge in [-0.1, -0.05) is 12.2 Å². The molecule has 1 saturated carbocycles. The fourth-order valence-electron chi connectivity index (χ4n) is 3.37. The second-order valence-electron chi connectivity index (χ2n) is 5.51. The summed E-state index contributed by atoms with van der Waals surface area (Å²) in [5.74, 6) is 0.851. The molecule has 5 atom stereocenters. The van der Waals surface area contributed by atoms with Gasteiger partial charge in [-0.15, -0.1) is 10.2 Å². The molecule has 0 spiro atoms. The van der Waals surface area contributed by atoms with E-state index in [1.165, 1.54) is 17.8 Å². The third-order valence-corrected chi connectivity index (χ3v) is 4.22. The monoisotopic (exact) mass is 263 g/mol. The standard InChI is InChI=1S/C13H17N3O3/c1-7(17)11(13(18)19)16-6-14-15-12(16)10-5-8-2-3-9(10)4-8/h2-3,6-11,17H,4-5H2,1H3,(H,18,19). The third kappa shape index (κ3) is 1.96. The zero-order valence-electron chi connectivity index (χ0n) is 10.7. The summed E-state index contributed by atoms with van der Waals surface area (Å²) in [4.78, 5) is 11.3. The van der Waals surface area contributed by atoms with Crippen LogP contribution in [0.1, 0.15) is 37.5 Å². The molecule has 1 heterocycles. The second-order valence-corrected chi connectivity index (χ2v) is 5.51. The Morgan fingerprint density at radius 2 is 2.26 bits per heavy atom. The molecule has 6 nitrogen and oxygen atoms in total. The predicted molar refractivity (Wildman–Crippen MR) is 66.5 cm³/mol. The Hall–Kier alpha value is -1.69. The summed E-state index contributed by atoms with van der Waals surface area (Å²) in [5.41, 5.74) is 0. The van der Waals surface area contributed by atoms with Crippen LogP contribution >= 0.6 is 0 Å². The van der Waals surface area contributed by atoms with Gasteiger partial charge in [0, 0.05) is 5.92 Å². The molecule has 1 aromatic rings. The first kappa shape index (κ1) is 12.3. The van der Waals surface area contributed by atoms with Crippen molar-refractivity contribution < 1.29 is 15.0 Å². The summed E-state index contributed by atoms with van der Waals surface area (Å²) in [6.45, 7) is 1.48. The number of hydrogen-bond donors (Lipinski definition) is 2. The van der Waals surface area contributed by atoms with Gasteiger partial charge in [0.25, 0.3) is 0 Å². The fraction of sp³-hybridized carbons (Fsp3) is 0.615. The van der Waals surface area contributed by atoms with E-state index in [9.17, 15) is 15.0 Å². The Labute approximate surface area is 110 Å². The highest BCUT2D eigenvalue weighted by molar-refractivity contribution is 5.72. The molecule has 1 aromatic heterocycles. The number of nitrogens with zero attached hydrogens (tertiary/aromatic N) is 3. The van der Waals surface area contributed by atoms with Gasteiger partial charge in [-0.05, 0) is 31.6 Å². The highest BCUT2D eigenvalue weighted by Crippen LogP contribution is 2.48. The molecular formula is C13H17N3O3. The van der Waals surface area contributed by atoms with Gasteiger partial charge in [0.15, 0.2) is 6.04 Å². The second kappa shape index (κ2) is 4.45. The lowest BCUT2D eigenvalue weighted by atomic mass is 9.92. The van der Waals surface area contributed by atoms with Crippen molar-refractivity contribution in [2.75, 3.05) is 0 Å². The molecule has 1 fully saturated rings. The van der Waals surface area contributed by atoms with Crippen molar-refractivity contribution in [1.82, 2.24) is 14.8 Å². The number of aliphatic carboxylic acids is 1. The van der Waals surface area contributed by atoms with E-state index in [4.69, 9.17) is 0 Å². The Bertz CT molecular complexity index is 523. The van der Waals surface area contributed by atoms with Crippen molar-refractivity contribution in [3.05, 3.63) is 24.3 Å². The number of carboxylic acids is 1. The molecule has 0 amide bonds. The number of carboxylic acid groups (broad SMARTS) is 1. The molecule has 3 rings (SSSR count). The van der Waals surface area contributed by atoms with Gasteiger partial charge in [-0.25, -0.2) is 4.79 Å².